The lowest BCUT2D eigenvalue weighted by Crippen LogP contribution is -2.20. The van der Waals surface area contributed by atoms with Crippen molar-refractivity contribution in [3.05, 3.63) is 17.1 Å². The van der Waals surface area contributed by atoms with E-state index < -0.39 is 0 Å². The molecule has 0 spiro atoms. The minimum absolute atomic E-state index is 0.564. The second-order valence-corrected chi connectivity index (χ2v) is 6.53. The molecule has 1 saturated carbocycles. The van der Waals surface area contributed by atoms with Crippen LogP contribution < -0.4 is 5.73 Å². The second-order valence-electron chi connectivity index (χ2n) is 6.53. The smallest absolute Gasteiger partial charge is 0.146 e. The number of nitrogens with zero attached hydrogens (tertiary/aromatic N) is 3. The van der Waals surface area contributed by atoms with Crippen LogP contribution in [0.2, 0.25) is 0 Å². The summed E-state index contributed by atoms with van der Waals surface area (Å²) in [7, 11) is 0. The van der Waals surface area contributed by atoms with Gasteiger partial charge in [-0.3, -0.25) is 0 Å². The number of aryl methyl sites for hydroxylation is 2. The molecule has 114 valence electrons. The third-order valence-corrected chi connectivity index (χ3v) is 5.23. The third-order valence-electron chi connectivity index (χ3n) is 5.23. The Balaban J connectivity index is 2.16. The van der Waals surface area contributed by atoms with Gasteiger partial charge in [-0.15, -0.1) is 0 Å². The monoisotopic (exact) mass is 286 g/mol. The van der Waals surface area contributed by atoms with Gasteiger partial charge in [0, 0.05) is 11.7 Å². The summed E-state index contributed by atoms with van der Waals surface area (Å²) >= 11 is 0. The Labute approximate surface area is 126 Å². The number of nitrogens with two attached hydrogens (primary N) is 1. The highest BCUT2D eigenvalue weighted by molar-refractivity contribution is 5.91. The van der Waals surface area contributed by atoms with Crippen molar-refractivity contribution >= 4 is 16.9 Å². The highest BCUT2D eigenvalue weighted by atomic mass is 15.1. The van der Waals surface area contributed by atoms with E-state index in [1.165, 1.54) is 43.4 Å². The van der Waals surface area contributed by atoms with Crippen LogP contribution in [0.1, 0.15) is 62.2 Å². The molecule has 4 heteroatoms. The Bertz CT molecular complexity index is 671. The standard InChI is InChI=1S/C17H26N4/c1-5-13-7-6-8-14(9-13)21-11(3)10(2)15-16(18)19-12(4)20-17(15)21/h13-14H,5-9H2,1-4H3,(H2,18,19,20). The molecular weight excluding hydrogens is 260 g/mol. The number of hydrogen-bond acceptors (Lipinski definition) is 3. The predicted octanol–water partition coefficient (Wildman–Crippen LogP) is 4.08. The molecule has 2 aromatic heterocycles. The summed E-state index contributed by atoms with van der Waals surface area (Å²) < 4.78 is 2.44. The molecule has 2 N–H and O–H groups in total. The average Bonchev–Trinajstić information content (AvgIpc) is 2.70. The summed E-state index contributed by atoms with van der Waals surface area (Å²) in [6, 6.07) is 0.564. The Hall–Kier alpha value is -1.58. The molecule has 1 aliphatic rings. The largest absolute Gasteiger partial charge is 0.383 e. The molecule has 2 unspecified atom stereocenters. The van der Waals surface area contributed by atoms with E-state index in [0.717, 1.165) is 22.8 Å². The van der Waals surface area contributed by atoms with Gasteiger partial charge in [0.25, 0.3) is 0 Å². The average molecular weight is 286 g/mol. The van der Waals surface area contributed by atoms with E-state index >= 15 is 0 Å². The van der Waals surface area contributed by atoms with Crippen LogP contribution in [0.5, 0.6) is 0 Å². The van der Waals surface area contributed by atoms with Gasteiger partial charge >= 0.3 is 0 Å². The van der Waals surface area contributed by atoms with Crippen molar-refractivity contribution in [1.29, 1.82) is 0 Å². The van der Waals surface area contributed by atoms with Crippen LogP contribution in [0.3, 0.4) is 0 Å². The molecule has 2 heterocycles. The van der Waals surface area contributed by atoms with Crippen molar-refractivity contribution in [2.24, 2.45) is 5.92 Å². The van der Waals surface area contributed by atoms with E-state index in [1.54, 1.807) is 0 Å². The van der Waals surface area contributed by atoms with Gasteiger partial charge in [0.05, 0.1) is 5.39 Å². The van der Waals surface area contributed by atoms with Gasteiger partial charge in [-0.05, 0) is 45.1 Å². The fraction of sp³-hybridized carbons (Fsp3) is 0.647. The number of aromatic nitrogens is 3. The molecule has 0 aliphatic heterocycles. The molecule has 0 aromatic carbocycles. The minimum Gasteiger partial charge on any atom is -0.383 e. The van der Waals surface area contributed by atoms with E-state index in [1.807, 2.05) is 6.92 Å². The molecule has 0 saturated heterocycles. The Morgan fingerprint density at radius 3 is 2.67 bits per heavy atom. The maximum absolute atomic E-state index is 6.16. The third kappa shape index (κ3) is 2.30. The summed E-state index contributed by atoms with van der Waals surface area (Å²) in [4.78, 5) is 9.06. The van der Waals surface area contributed by atoms with Crippen LogP contribution in [-0.4, -0.2) is 14.5 Å². The van der Waals surface area contributed by atoms with Gasteiger partial charge in [-0.25, -0.2) is 9.97 Å². The molecule has 3 rings (SSSR count). The number of rotatable bonds is 2. The van der Waals surface area contributed by atoms with Gasteiger partial charge in [-0.2, -0.15) is 0 Å². The van der Waals surface area contributed by atoms with E-state index in [0.29, 0.717) is 11.9 Å². The predicted molar refractivity (Wildman–Crippen MR) is 87.4 cm³/mol. The van der Waals surface area contributed by atoms with Crippen molar-refractivity contribution in [2.75, 3.05) is 5.73 Å². The second kappa shape index (κ2) is 5.32. The molecule has 0 bridgehead atoms. The summed E-state index contributed by atoms with van der Waals surface area (Å²) in [5.41, 5.74) is 9.74. The Morgan fingerprint density at radius 1 is 1.19 bits per heavy atom. The Morgan fingerprint density at radius 2 is 1.95 bits per heavy atom. The highest BCUT2D eigenvalue weighted by Gasteiger charge is 2.26. The molecular formula is C17H26N4. The zero-order chi connectivity index (χ0) is 15.1. The first-order valence-corrected chi connectivity index (χ1v) is 8.14. The van der Waals surface area contributed by atoms with E-state index in [2.05, 4.69) is 30.3 Å². The SMILES string of the molecule is CCC1CCCC(n2c(C)c(C)c3c(N)nc(C)nc32)C1. The van der Waals surface area contributed by atoms with E-state index in [-0.39, 0.29) is 0 Å². The van der Waals surface area contributed by atoms with Crippen molar-refractivity contribution in [3.63, 3.8) is 0 Å². The number of hydrogen-bond donors (Lipinski definition) is 1. The van der Waals surface area contributed by atoms with Gasteiger partial charge in [0.1, 0.15) is 17.3 Å². The van der Waals surface area contributed by atoms with Crippen molar-refractivity contribution < 1.29 is 0 Å². The molecule has 0 amide bonds. The molecule has 21 heavy (non-hydrogen) atoms. The van der Waals surface area contributed by atoms with Crippen LogP contribution >= 0.6 is 0 Å². The number of anilines is 1. The summed E-state index contributed by atoms with van der Waals surface area (Å²) in [6.07, 6.45) is 6.50. The van der Waals surface area contributed by atoms with Gasteiger partial charge in [0.15, 0.2) is 0 Å². The van der Waals surface area contributed by atoms with Gasteiger partial charge in [-0.1, -0.05) is 26.2 Å². The van der Waals surface area contributed by atoms with Crippen LogP contribution in [0, 0.1) is 26.7 Å². The molecule has 2 atom stereocenters. The van der Waals surface area contributed by atoms with Crippen LogP contribution in [0.4, 0.5) is 5.82 Å². The molecule has 1 aliphatic carbocycles. The lowest BCUT2D eigenvalue weighted by Gasteiger charge is -2.31. The fourth-order valence-electron chi connectivity index (χ4n) is 3.95. The topological polar surface area (TPSA) is 56.7 Å². The van der Waals surface area contributed by atoms with Crippen LogP contribution in [0.15, 0.2) is 0 Å². The summed E-state index contributed by atoms with van der Waals surface area (Å²) in [5, 5.41) is 1.05. The lowest BCUT2D eigenvalue weighted by molar-refractivity contribution is 0.263. The van der Waals surface area contributed by atoms with E-state index in [9.17, 15) is 0 Å². The molecule has 1 fully saturated rings. The zero-order valence-corrected chi connectivity index (χ0v) is 13.6. The van der Waals surface area contributed by atoms with Crippen molar-refractivity contribution in [3.8, 4) is 0 Å². The Kier molecular flexibility index (Phi) is 3.64. The quantitative estimate of drug-likeness (QED) is 0.905. The molecule has 2 aromatic rings. The van der Waals surface area contributed by atoms with E-state index in [4.69, 9.17) is 10.7 Å². The zero-order valence-electron chi connectivity index (χ0n) is 13.6. The maximum atomic E-state index is 6.16. The lowest BCUT2D eigenvalue weighted by atomic mass is 9.84. The first kappa shape index (κ1) is 14.4. The molecule has 4 nitrogen and oxygen atoms in total. The summed E-state index contributed by atoms with van der Waals surface area (Å²) in [5.74, 6) is 2.24. The minimum atomic E-state index is 0.564. The van der Waals surface area contributed by atoms with Crippen LogP contribution in [-0.2, 0) is 0 Å². The van der Waals surface area contributed by atoms with Crippen molar-refractivity contribution in [2.45, 2.75) is 65.8 Å². The normalized spacial score (nSPS) is 22.9. The maximum Gasteiger partial charge on any atom is 0.146 e. The molecule has 0 radical (unpaired) electrons. The van der Waals surface area contributed by atoms with Gasteiger partial charge < -0.3 is 10.3 Å². The van der Waals surface area contributed by atoms with Gasteiger partial charge in [0.2, 0.25) is 0 Å². The number of fused-ring (bicyclic) bond motifs is 1. The first-order valence-electron chi connectivity index (χ1n) is 8.14. The van der Waals surface area contributed by atoms with Crippen LogP contribution in [0.25, 0.3) is 11.0 Å². The van der Waals surface area contributed by atoms with Crippen molar-refractivity contribution in [1.82, 2.24) is 14.5 Å². The fourth-order valence-corrected chi connectivity index (χ4v) is 3.95. The number of nitrogen functional groups attached to an aromatic ring is 1. The summed E-state index contributed by atoms with van der Waals surface area (Å²) in [6.45, 7) is 8.57. The first-order chi connectivity index (χ1) is 10.0. The highest BCUT2D eigenvalue weighted by Crippen LogP contribution is 2.39.